The highest BCUT2D eigenvalue weighted by Crippen LogP contribution is 2.29. The molecule has 0 spiro atoms. The minimum atomic E-state index is -1.23. The third-order valence-electron chi connectivity index (χ3n) is 5.40. The summed E-state index contributed by atoms with van der Waals surface area (Å²) in [7, 11) is 0. The van der Waals surface area contributed by atoms with Gasteiger partial charge in [0.1, 0.15) is 18.1 Å². The van der Waals surface area contributed by atoms with Gasteiger partial charge in [-0.05, 0) is 35.7 Å². The Morgan fingerprint density at radius 2 is 1.78 bits per heavy atom. The van der Waals surface area contributed by atoms with E-state index in [1.807, 2.05) is 44.2 Å². The SMILES string of the molecule is CC(C)c1nc(=O)n(OCc2ccccc2)c(-c2ccc(F)cc2)c1/C=C/[C@@H](O)C[C@@H](O)CC(=O)O. The van der Waals surface area contributed by atoms with Crippen LogP contribution >= 0.6 is 0 Å². The van der Waals surface area contributed by atoms with Crippen LogP contribution in [0.3, 0.4) is 0 Å². The molecule has 1 aromatic heterocycles. The van der Waals surface area contributed by atoms with Gasteiger partial charge >= 0.3 is 11.7 Å². The zero-order chi connectivity index (χ0) is 26.2. The molecule has 2 aromatic carbocycles. The third kappa shape index (κ3) is 7.10. The monoisotopic (exact) mass is 496 g/mol. The second-order valence-corrected chi connectivity index (χ2v) is 8.67. The largest absolute Gasteiger partial charge is 0.481 e. The summed E-state index contributed by atoms with van der Waals surface area (Å²) < 4.78 is 14.8. The normalized spacial score (nSPS) is 13.2. The van der Waals surface area contributed by atoms with Crippen molar-refractivity contribution in [2.75, 3.05) is 0 Å². The molecule has 9 heteroatoms. The molecule has 3 aromatic rings. The molecule has 1 heterocycles. The van der Waals surface area contributed by atoms with E-state index >= 15 is 0 Å². The van der Waals surface area contributed by atoms with Crippen LogP contribution < -0.4 is 10.5 Å². The highest BCUT2D eigenvalue weighted by Gasteiger charge is 2.21. The number of hydrogen-bond donors (Lipinski definition) is 3. The van der Waals surface area contributed by atoms with Gasteiger partial charge in [0.2, 0.25) is 0 Å². The molecule has 0 saturated heterocycles. The summed E-state index contributed by atoms with van der Waals surface area (Å²) in [5, 5.41) is 29.1. The van der Waals surface area contributed by atoms with E-state index in [1.165, 1.54) is 30.3 Å². The number of aliphatic carboxylic acids is 1. The number of carbonyl (C=O) groups is 1. The molecular weight excluding hydrogens is 467 g/mol. The van der Waals surface area contributed by atoms with Crippen LogP contribution in [-0.2, 0) is 11.4 Å². The first-order valence-electron chi connectivity index (χ1n) is 11.5. The van der Waals surface area contributed by atoms with Crippen molar-refractivity contribution in [1.82, 2.24) is 9.71 Å². The summed E-state index contributed by atoms with van der Waals surface area (Å²) in [6, 6.07) is 14.8. The number of benzene rings is 2. The average Bonchev–Trinajstić information content (AvgIpc) is 2.82. The molecule has 0 fully saturated rings. The van der Waals surface area contributed by atoms with E-state index in [0.29, 0.717) is 22.5 Å². The number of halogens is 1. The summed E-state index contributed by atoms with van der Waals surface area (Å²) in [5.41, 5.74) is 1.89. The number of carboxylic acids is 1. The lowest BCUT2D eigenvalue weighted by molar-refractivity contribution is -0.139. The van der Waals surface area contributed by atoms with E-state index in [2.05, 4.69) is 4.98 Å². The third-order valence-corrected chi connectivity index (χ3v) is 5.40. The Morgan fingerprint density at radius 1 is 1.11 bits per heavy atom. The van der Waals surface area contributed by atoms with E-state index in [0.717, 1.165) is 10.3 Å². The van der Waals surface area contributed by atoms with Crippen molar-refractivity contribution in [3.05, 3.63) is 93.8 Å². The fourth-order valence-electron chi connectivity index (χ4n) is 3.70. The van der Waals surface area contributed by atoms with Crippen LogP contribution in [0, 0.1) is 5.82 Å². The molecular formula is C27H29FN2O6. The van der Waals surface area contributed by atoms with Gasteiger partial charge in [-0.25, -0.2) is 9.18 Å². The fourth-order valence-corrected chi connectivity index (χ4v) is 3.70. The molecule has 2 atom stereocenters. The number of aliphatic hydroxyl groups is 2. The molecule has 0 aliphatic heterocycles. The highest BCUT2D eigenvalue weighted by atomic mass is 19.1. The molecule has 0 aliphatic carbocycles. The number of nitrogens with zero attached hydrogens (tertiary/aromatic N) is 2. The zero-order valence-corrected chi connectivity index (χ0v) is 20.0. The molecule has 3 N–H and O–H groups in total. The average molecular weight is 497 g/mol. The molecule has 0 amide bonds. The van der Waals surface area contributed by atoms with Gasteiger partial charge in [-0.1, -0.05) is 56.3 Å². The Bertz CT molecular complexity index is 1260. The maximum Gasteiger partial charge on any atom is 0.381 e. The molecule has 8 nitrogen and oxygen atoms in total. The Kier molecular flexibility index (Phi) is 9.10. The van der Waals surface area contributed by atoms with Gasteiger partial charge < -0.3 is 20.2 Å². The Hall–Kier alpha value is -3.82. The number of hydrogen-bond acceptors (Lipinski definition) is 6. The fraction of sp³-hybridized carbons (Fsp3) is 0.296. The summed E-state index contributed by atoms with van der Waals surface area (Å²) in [4.78, 5) is 34.0. The predicted octanol–water partition coefficient (Wildman–Crippen LogP) is 3.40. The Morgan fingerprint density at radius 3 is 2.39 bits per heavy atom. The molecule has 0 saturated carbocycles. The smallest absolute Gasteiger partial charge is 0.381 e. The van der Waals surface area contributed by atoms with E-state index in [9.17, 15) is 24.2 Å². The lowest BCUT2D eigenvalue weighted by Crippen LogP contribution is -2.32. The molecule has 0 radical (unpaired) electrons. The Labute approximate surface area is 207 Å². The number of rotatable bonds is 11. The van der Waals surface area contributed by atoms with Crippen molar-refractivity contribution in [2.45, 2.75) is 51.4 Å². The van der Waals surface area contributed by atoms with E-state index in [-0.39, 0.29) is 18.9 Å². The Balaban J connectivity index is 2.10. The first kappa shape index (κ1) is 26.8. The number of carboxylic acid groups (broad SMARTS) is 1. The van der Waals surface area contributed by atoms with Gasteiger partial charge in [-0.2, -0.15) is 4.98 Å². The van der Waals surface area contributed by atoms with Crippen molar-refractivity contribution in [2.24, 2.45) is 0 Å². The van der Waals surface area contributed by atoms with Crippen molar-refractivity contribution >= 4 is 12.0 Å². The first-order chi connectivity index (χ1) is 17.2. The van der Waals surface area contributed by atoms with Crippen LogP contribution in [0.1, 0.15) is 49.4 Å². The molecule has 36 heavy (non-hydrogen) atoms. The first-order valence-corrected chi connectivity index (χ1v) is 11.5. The summed E-state index contributed by atoms with van der Waals surface area (Å²) in [6.45, 7) is 3.79. The van der Waals surface area contributed by atoms with Crippen LogP contribution in [0.5, 0.6) is 0 Å². The lowest BCUT2D eigenvalue weighted by atomic mass is 9.97. The summed E-state index contributed by atoms with van der Waals surface area (Å²) >= 11 is 0. The van der Waals surface area contributed by atoms with Gasteiger partial charge in [-0.3, -0.25) is 4.79 Å². The van der Waals surface area contributed by atoms with E-state index < -0.39 is 36.1 Å². The van der Waals surface area contributed by atoms with E-state index in [4.69, 9.17) is 9.94 Å². The van der Waals surface area contributed by atoms with Crippen molar-refractivity contribution < 1.29 is 29.3 Å². The van der Waals surface area contributed by atoms with Crippen LogP contribution in [0.15, 0.2) is 65.5 Å². The summed E-state index contributed by atoms with van der Waals surface area (Å²) in [6.07, 6.45) is -0.129. The van der Waals surface area contributed by atoms with E-state index in [1.54, 1.807) is 6.08 Å². The maximum atomic E-state index is 13.7. The highest BCUT2D eigenvalue weighted by molar-refractivity contribution is 5.74. The van der Waals surface area contributed by atoms with Crippen molar-refractivity contribution in [3.63, 3.8) is 0 Å². The van der Waals surface area contributed by atoms with Crippen LogP contribution in [0.4, 0.5) is 4.39 Å². The lowest BCUT2D eigenvalue weighted by Gasteiger charge is -2.20. The maximum absolute atomic E-state index is 13.7. The van der Waals surface area contributed by atoms with Gasteiger partial charge in [0.15, 0.2) is 0 Å². The van der Waals surface area contributed by atoms with Gasteiger partial charge in [0, 0.05) is 17.5 Å². The van der Waals surface area contributed by atoms with Crippen molar-refractivity contribution in [1.29, 1.82) is 0 Å². The quantitative estimate of drug-likeness (QED) is 0.372. The van der Waals surface area contributed by atoms with Gasteiger partial charge in [-0.15, -0.1) is 4.73 Å². The topological polar surface area (TPSA) is 122 Å². The van der Waals surface area contributed by atoms with Crippen LogP contribution in [0.25, 0.3) is 17.3 Å². The molecule has 0 unspecified atom stereocenters. The van der Waals surface area contributed by atoms with Crippen molar-refractivity contribution in [3.8, 4) is 11.3 Å². The van der Waals surface area contributed by atoms with Crippen LogP contribution in [-0.4, -0.2) is 43.2 Å². The second kappa shape index (κ2) is 12.2. The minimum Gasteiger partial charge on any atom is -0.481 e. The van der Waals surface area contributed by atoms with Gasteiger partial charge in [0.05, 0.1) is 24.3 Å². The van der Waals surface area contributed by atoms with Crippen LogP contribution in [0.2, 0.25) is 0 Å². The number of aromatic nitrogens is 2. The molecule has 0 bridgehead atoms. The minimum absolute atomic E-state index is 0.0742. The summed E-state index contributed by atoms with van der Waals surface area (Å²) in [5.74, 6) is -1.81. The number of aliphatic hydroxyl groups excluding tert-OH is 2. The molecule has 190 valence electrons. The zero-order valence-electron chi connectivity index (χ0n) is 20.0. The standard InChI is InChI=1S/C27H29FN2O6/c1-17(2)25-23(13-12-21(31)14-22(32)15-24(33)34)26(19-8-10-20(28)11-9-19)30(27(35)29-25)36-16-18-6-4-3-5-7-18/h3-13,17,21-22,31-32H,14-16H2,1-2H3,(H,33,34)/b13-12+/t21-,22-/m1/s1. The van der Waals surface area contributed by atoms with Gasteiger partial charge in [0.25, 0.3) is 0 Å². The predicted molar refractivity (Wildman–Crippen MR) is 133 cm³/mol. The molecule has 0 aliphatic rings. The second-order valence-electron chi connectivity index (χ2n) is 8.67. The molecule has 3 rings (SSSR count).